The Labute approximate surface area is 124 Å². The Balaban J connectivity index is 1.66. The third-order valence-electron chi connectivity index (χ3n) is 4.11. The summed E-state index contributed by atoms with van der Waals surface area (Å²) in [6.45, 7) is 2.09. The summed E-state index contributed by atoms with van der Waals surface area (Å²) in [5.41, 5.74) is 1.21. The van der Waals surface area contributed by atoms with Crippen molar-refractivity contribution in [3.05, 3.63) is 60.2 Å². The van der Waals surface area contributed by atoms with E-state index in [9.17, 15) is 4.79 Å². The van der Waals surface area contributed by atoms with Crippen LogP contribution in [0.5, 0.6) is 11.5 Å². The largest absolute Gasteiger partial charge is 0.497 e. The van der Waals surface area contributed by atoms with E-state index in [0.717, 1.165) is 5.75 Å². The van der Waals surface area contributed by atoms with E-state index in [-0.39, 0.29) is 17.8 Å². The van der Waals surface area contributed by atoms with Crippen LogP contribution in [0.15, 0.2) is 54.6 Å². The standard InChI is InChI=1S/C18H18O3/c1-12-16(13-6-4-3-5-7-13)17(12)18(19)21-15-10-8-14(20-2)9-11-15/h3-12,16-17H,1-2H3/t12-,16+,17-/m1/s1. The maximum absolute atomic E-state index is 12.3. The summed E-state index contributed by atoms with van der Waals surface area (Å²) in [6, 6.07) is 17.2. The van der Waals surface area contributed by atoms with Crippen LogP contribution in [0.4, 0.5) is 0 Å². The second kappa shape index (κ2) is 5.60. The van der Waals surface area contributed by atoms with Gasteiger partial charge in [0.2, 0.25) is 0 Å². The van der Waals surface area contributed by atoms with Crippen molar-refractivity contribution in [3.8, 4) is 11.5 Å². The number of hydrogen-bond acceptors (Lipinski definition) is 3. The van der Waals surface area contributed by atoms with Gasteiger partial charge in [0.1, 0.15) is 11.5 Å². The molecule has 0 radical (unpaired) electrons. The molecule has 1 saturated carbocycles. The summed E-state index contributed by atoms with van der Waals surface area (Å²) in [6.07, 6.45) is 0. The van der Waals surface area contributed by atoms with Gasteiger partial charge < -0.3 is 9.47 Å². The minimum atomic E-state index is -0.151. The molecule has 3 heteroatoms. The minimum absolute atomic E-state index is 0.0468. The van der Waals surface area contributed by atoms with Crippen molar-refractivity contribution in [1.82, 2.24) is 0 Å². The maximum atomic E-state index is 12.3. The highest BCUT2D eigenvalue weighted by Gasteiger charge is 2.53. The average molecular weight is 282 g/mol. The summed E-state index contributed by atoms with van der Waals surface area (Å²) >= 11 is 0. The van der Waals surface area contributed by atoms with E-state index in [1.54, 1.807) is 31.4 Å². The molecule has 108 valence electrons. The molecule has 21 heavy (non-hydrogen) atoms. The summed E-state index contributed by atoms with van der Waals surface area (Å²) in [5, 5.41) is 0. The van der Waals surface area contributed by atoms with Crippen molar-refractivity contribution < 1.29 is 14.3 Å². The van der Waals surface area contributed by atoms with E-state index in [1.165, 1.54) is 5.56 Å². The molecule has 1 aliphatic rings. The molecule has 0 aliphatic heterocycles. The van der Waals surface area contributed by atoms with Gasteiger partial charge in [0.05, 0.1) is 13.0 Å². The first-order valence-corrected chi connectivity index (χ1v) is 7.11. The van der Waals surface area contributed by atoms with Crippen LogP contribution in [0, 0.1) is 11.8 Å². The van der Waals surface area contributed by atoms with Crippen molar-refractivity contribution >= 4 is 5.97 Å². The fraction of sp³-hybridized carbons (Fsp3) is 0.278. The third kappa shape index (κ3) is 2.77. The second-order valence-electron chi connectivity index (χ2n) is 5.42. The van der Waals surface area contributed by atoms with Crippen LogP contribution in [0.2, 0.25) is 0 Å². The normalized spacial score (nSPS) is 23.4. The molecule has 3 atom stereocenters. The topological polar surface area (TPSA) is 35.5 Å². The van der Waals surface area contributed by atoms with Crippen molar-refractivity contribution in [3.63, 3.8) is 0 Å². The lowest BCUT2D eigenvalue weighted by Crippen LogP contribution is -2.12. The average Bonchev–Trinajstić information content (AvgIpc) is 3.20. The quantitative estimate of drug-likeness (QED) is 0.634. The van der Waals surface area contributed by atoms with E-state index in [0.29, 0.717) is 11.7 Å². The fourth-order valence-electron chi connectivity index (χ4n) is 2.84. The summed E-state index contributed by atoms with van der Waals surface area (Å²) in [7, 11) is 1.61. The molecule has 0 unspecified atom stereocenters. The smallest absolute Gasteiger partial charge is 0.315 e. The van der Waals surface area contributed by atoms with Gasteiger partial charge in [0, 0.05) is 5.92 Å². The first-order chi connectivity index (χ1) is 10.2. The molecule has 1 fully saturated rings. The van der Waals surface area contributed by atoms with E-state index < -0.39 is 0 Å². The predicted octanol–water partition coefficient (Wildman–Crippen LogP) is 3.65. The van der Waals surface area contributed by atoms with Crippen molar-refractivity contribution in [2.75, 3.05) is 7.11 Å². The van der Waals surface area contributed by atoms with Crippen LogP contribution >= 0.6 is 0 Å². The van der Waals surface area contributed by atoms with Crippen LogP contribution in [0.1, 0.15) is 18.4 Å². The van der Waals surface area contributed by atoms with Gasteiger partial charge in [-0.3, -0.25) is 4.79 Å². The molecule has 0 N–H and O–H groups in total. The van der Waals surface area contributed by atoms with Crippen molar-refractivity contribution in [2.45, 2.75) is 12.8 Å². The number of benzene rings is 2. The third-order valence-corrected chi connectivity index (χ3v) is 4.11. The highest BCUT2D eigenvalue weighted by Crippen LogP contribution is 2.54. The Kier molecular flexibility index (Phi) is 3.65. The number of methoxy groups -OCH3 is 1. The minimum Gasteiger partial charge on any atom is -0.497 e. The second-order valence-corrected chi connectivity index (χ2v) is 5.42. The summed E-state index contributed by atoms with van der Waals surface area (Å²) < 4.78 is 10.6. The molecular weight excluding hydrogens is 264 g/mol. The van der Waals surface area contributed by atoms with Gasteiger partial charge in [0.15, 0.2) is 0 Å². The van der Waals surface area contributed by atoms with Gasteiger partial charge in [-0.2, -0.15) is 0 Å². The molecule has 1 aliphatic carbocycles. The lowest BCUT2D eigenvalue weighted by molar-refractivity contribution is -0.136. The van der Waals surface area contributed by atoms with Gasteiger partial charge in [-0.25, -0.2) is 0 Å². The van der Waals surface area contributed by atoms with Crippen molar-refractivity contribution in [1.29, 1.82) is 0 Å². The van der Waals surface area contributed by atoms with Crippen LogP contribution in [0.25, 0.3) is 0 Å². The Bertz CT molecular complexity index is 619. The SMILES string of the molecule is COc1ccc(OC(=O)[C@@H]2[C@H](C)[C@H]2c2ccccc2)cc1. The molecular formula is C18H18O3. The zero-order valence-corrected chi connectivity index (χ0v) is 12.2. The number of hydrogen-bond donors (Lipinski definition) is 0. The molecule has 0 amide bonds. The fourth-order valence-corrected chi connectivity index (χ4v) is 2.84. The van der Waals surface area contributed by atoms with Gasteiger partial charge in [-0.05, 0) is 35.7 Å². The summed E-state index contributed by atoms with van der Waals surface area (Å²) in [5.74, 6) is 1.72. The zero-order valence-electron chi connectivity index (χ0n) is 12.2. The van der Waals surface area contributed by atoms with Crippen LogP contribution in [-0.4, -0.2) is 13.1 Å². The molecule has 0 spiro atoms. The van der Waals surface area contributed by atoms with E-state index in [1.807, 2.05) is 18.2 Å². The van der Waals surface area contributed by atoms with Gasteiger partial charge in [-0.15, -0.1) is 0 Å². The molecule has 0 saturated heterocycles. The molecule has 3 rings (SSSR count). The zero-order chi connectivity index (χ0) is 14.8. The van der Waals surface area contributed by atoms with Gasteiger partial charge >= 0.3 is 5.97 Å². The number of ether oxygens (including phenoxy) is 2. The van der Waals surface area contributed by atoms with Gasteiger partial charge in [-0.1, -0.05) is 37.3 Å². The number of carbonyl (C=O) groups is 1. The molecule has 2 aromatic rings. The Morgan fingerprint density at radius 2 is 1.57 bits per heavy atom. The van der Waals surface area contributed by atoms with Crippen LogP contribution in [0.3, 0.4) is 0 Å². The predicted molar refractivity (Wildman–Crippen MR) is 80.5 cm³/mol. The first kappa shape index (κ1) is 13.7. The van der Waals surface area contributed by atoms with Gasteiger partial charge in [0.25, 0.3) is 0 Å². The lowest BCUT2D eigenvalue weighted by atomic mass is 10.1. The molecule has 2 aromatic carbocycles. The first-order valence-electron chi connectivity index (χ1n) is 7.11. The van der Waals surface area contributed by atoms with Crippen molar-refractivity contribution in [2.24, 2.45) is 11.8 Å². The van der Waals surface area contributed by atoms with E-state index in [4.69, 9.17) is 9.47 Å². The molecule has 0 heterocycles. The van der Waals surface area contributed by atoms with E-state index >= 15 is 0 Å². The number of esters is 1. The lowest BCUT2D eigenvalue weighted by Gasteiger charge is -2.05. The maximum Gasteiger partial charge on any atom is 0.315 e. The number of rotatable bonds is 4. The Morgan fingerprint density at radius 3 is 2.19 bits per heavy atom. The monoisotopic (exact) mass is 282 g/mol. The number of carbonyl (C=O) groups excluding carboxylic acids is 1. The van der Waals surface area contributed by atoms with E-state index in [2.05, 4.69) is 19.1 Å². The van der Waals surface area contributed by atoms with Crippen LogP contribution < -0.4 is 9.47 Å². The molecule has 3 nitrogen and oxygen atoms in total. The Morgan fingerprint density at radius 1 is 0.952 bits per heavy atom. The highest BCUT2D eigenvalue weighted by molar-refractivity contribution is 5.80. The van der Waals surface area contributed by atoms with Crippen LogP contribution in [-0.2, 0) is 4.79 Å². The highest BCUT2D eigenvalue weighted by atomic mass is 16.5. The molecule has 0 aromatic heterocycles. The summed E-state index contributed by atoms with van der Waals surface area (Å²) in [4.78, 5) is 12.3. The Hall–Kier alpha value is -2.29. The molecule has 0 bridgehead atoms.